The molecule has 2 rings (SSSR count). The van der Waals surface area contributed by atoms with Gasteiger partial charge in [-0.1, -0.05) is 23.7 Å². The molecule has 0 saturated carbocycles. The smallest absolute Gasteiger partial charge is 0.145 e. The third kappa shape index (κ3) is 2.47. The highest BCUT2D eigenvalue weighted by Gasteiger charge is 2.07. The lowest BCUT2D eigenvalue weighted by molar-refractivity contribution is 0.480. The van der Waals surface area contributed by atoms with Gasteiger partial charge < -0.3 is 4.74 Å². The first kappa shape index (κ1) is 12.5. The zero-order valence-corrected chi connectivity index (χ0v) is 11.0. The van der Waals surface area contributed by atoms with Crippen molar-refractivity contribution in [2.75, 3.05) is 0 Å². The maximum absolute atomic E-state index is 9.00. The summed E-state index contributed by atoms with van der Waals surface area (Å²) in [6.07, 6.45) is 0. The van der Waals surface area contributed by atoms with Crippen LogP contribution in [0.4, 0.5) is 0 Å². The van der Waals surface area contributed by atoms with E-state index in [1.165, 1.54) is 0 Å². The number of nitriles is 1. The van der Waals surface area contributed by atoms with Crippen molar-refractivity contribution in [2.24, 2.45) is 0 Å². The first-order valence-corrected chi connectivity index (χ1v) is 5.93. The van der Waals surface area contributed by atoms with Crippen molar-refractivity contribution in [1.29, 1.82) is 5.26 Å². The molecule has 18 heavy (non-hydrogen) atoms. The summed E-state index contributed by atoms with van der Waals surface area (Å²) in [5, 5.41) is 9.74. The summed E-state index contributed by atoms with van der Waals surface area (Å²) in [5.41, 5.74) is 2.44. The quantitative estimate of drug-likeness (QED) is 0.786. The molecule has 0 aliphatic rings. The first-order chi connectivity index (χ1) is 8.61. The van der Waals surface area contributed by atoms with E-state index in [0.717, 1.165) is 16.1 Å². The lowest BCUT2D eigenvalue weighted by Gasteiger charge is -2.10. The van der Waals surface area contributed by atoms with Crippen molar-refractivity contribution < 1.29 is 4.74 Å². The SMILES string of the molecule is Cc1cc(Oc2ccccc2C#N)cc(C)c1Cl. The van der Waals surface area contributed by atoms with Crippen LogP contribution in [0.2, 0.25) is 5.02 Å². The van der Waals surface area contributed by atoms with E-state index in [9.17, 15) is 0 Å². The van der Waals surface area contributed by atoms with Crippen LogP contribution in [-0.2, 0) is 0 Å². The van der Waals surface area contributed by atoms with Crippen LogP contribution >= 0.6 is 11.6 Å². The van der Waals surface area contributed by atoms with Crippen molar-refractivity contribution in [1.82, 2.24) is 0 Å². The summed E-state index contributed by atoms with van der Waals surface area (Å²) in [7, 11) is 0. The summed E-state index contributed by atoms with van der Waals surface area (Å²) in [6, 6.07) is 13.0. The number of rotatable bonds is 2. The van der Waals surface area contributed by atoms with E-state index in [4.69, 9.17) is 21.6 Å². The minimum Gasteiger partial charge on any atom is -0.456 e. The van der Waals surface area contributed by atoms with Gasteiger partial charge in [-0.25, -0.2) is 0 Å². The summed E-state index contributed by atoms with van der Waals surface area (Å²) < 4.78 is 5.74. The van der Waals surface area contributed by atoms with E-state index in [1.54, 1.807) is 12.1 Å². The van der Waals surface area contributed by atoms with E-state index < -0.39 is 0 Å². The predicted octanol–water partition coefficient (Wildman–Crippen LogP) is 4.62. The van der Waals surface area contributed by atoms with Gasteiger partial charge in [0.1, 0.15) is 17.6 Å². The Morgan fingerprint density at radius 2 is 1.72 bits per heavy atom. The largest absolute Gasteiger partial charge is 0.456 e. The lowest BCUT2D eigenvalue weighted by atomic mass is 10.1. The molecule has 2 nitrogen and oxygen atoms in total. The lowest BCUT2D eigenvalue weighted by Crippen LogP contribution is -1.90. The Labute approximate surface area is 111 Å². The van der Waals surface area contributed by atoms with Gasteiger partial charge in [0.2, 0.25) is 0 Å². The second kappa shape index (κ2) is 5.12. The number of benzene rings is 2. The molecule has 3 heteroatoms. The van der Waals surface area contributed by atoms with E-state index in [0.29, 0.717) is 17.1 Å². The van der Waals surface area contributed by atoms with Crippen LogP contribution in [0, 0.1) is 25.2 Å². The van der Waals surface area contributed by atoms with Gasteiger partial charge in [0.15, 0.2) is 0 Å². The van der Waals surface area contributed by atoms with E-state index >= 15 is 0 Å². The van der Waals surface area contributed by atoms with Gasteiger partial charge in [-0.15, -0.1) is 0 Å². The zero-order chi connectivity index (χ0) is 13.1. The molecule has 0 aliphatic carbocycles. The number of aryl methyl sites for hydroxylation is 2. The van der Waals surface area contributed by atoms with Gasteiger partial charge in [-0.3, -0.25) is 0 Å². The highest BCUT2D eigenvalue weighted by Crippen LogP contribution is 2.30. The van der Waals surface area contributed by atoms with Gasteiger partial charge in [0.25, 0.3) is 0 Å². The van der Waals surface area contributed by atoms with Gasteiger partial charge in [0, 0.05) is 5.02 Å². The average Bonchev–Trinajstić information content (AvgIpc) is 2.36. The number of hydrogen-bond acceptors (Lipinski definition) is 2. The van der Waals surface area contributed by atoms with E-state index in [1.807, 2.05) is 38.1 Å². The molecule has 0 aliphatic heterocycles. The third-order valence-corrected chi connectivity index (χ3v) is 3.24. The van der Waals surface area contributed by atoms with E-state index in [-0.39, 0.29) is 0 Å². The Kier molecular flexibility index (Phi) is 3.55. The predicted molar refractivity (Wildman–Crippen MR) is 72.2 cm³/mol. The van der Waals surface area contributed by atoms with Crippen LogP contribution in [0.15, 0.2) is 36.4 Å². The molecular formula is C15H12ClNO. The Morgan fingerprint density at radius 3 is 2.33 bits per heavy atom. The molecular weight excluding hydrogens is 246 g/mol. The Morgan fingerprint density at radius 1 is 1.11 bits per heavy atom. The van der Waals surface area contributed by atoms with Crippen molar-refractivity contribution >= 4 is 11.6 Å². The molecule has 2 aromatic carbocycles. The molecule has 2 aromatic rings. The van der Waals surface area contributed by atoms with Gasteiger partial charge in [0.05, 0.1) is 5.56 Å². The van der Waals surface area contributed by atoms with Crippen LogP contribution in [0.25, 0.3) is 0 Å². The molecule has 0 bridgehead atoms. The fourth-order valence-corrected chi connectivity index (χ4v) is 1.85. The van der Waals surface area contributed by atoms with Crippen LogP contribution < -0.4 is 4.74 Å². The van der Waals surface area contributed by atoms with Crippen molar-refractivity contribution in [2.45, 2.75) is 13.8 Å². The van der Waals surface area contributed by atoms with Crippen molar-refractivity contribution in [3.63, 3.8) is 0 Å². The van der Waals surface area contributed by atoms with Crippen LogP contribution in [0.3, 0.4) is 0 Å². The topological polar surface area (TPSA) is 33.0 Å². The number of hydrogen-bond donors (Lipinski definition) is 0. The average molecular weight is 258 g/mol. The molecule has 0 saturated heterocycles. The molecule has 0 radical (unpaired) electrons. The second-order valence-electron chi connectivity index (χ2n) is 4.08. The zero-order valence-electron chi connectivity index (χ0n) is 10.2. The minimum atomic E-state index is 0.516. The number of ether oxygens (including phenoxy) is 1. The molecule has 0 unspecified atom stereocenters. The normalized spacial score (nSPS) is 9.89. The molecule has 90 valence electrons. The summed E-state index contributed by atoms with van der Waals surface area (Å²) in [4.78, 5) is 0. The standard InChI is InChI=1S/C15H12ClNO/c1-10-7-13(8-11(2)15(10)16)18-14-6-4-3-5-12(14)9-17/h3-8H,1-2H3. The molecule has 0 heterocycles. The highest BCUT2D eigenvalue weighted by molar-refractivity contribution is 6.32. The summed E-state index contributed by atoms with van der Waals surface area (Å²) in [5.74, 6) is 1.25. The Hall–Kier alpha value is -1.98. The molecule has 0 aromatic heterocycles. The maximum atomic E-state index is 9.00. The Balaban J connectivity index is 2.38. The number of halogens is 1. The second-order valence-corrected chi connectivity index (χ2v) is 4.46. The molecule has 0 N–H and O–H groups in total. The van der Waals surface area contributed by atoms with Gasteiger partial charge in [-0.05, 0) is 49.2 Å². The van der Waals surface area contributed by atoms with Gasteiger partial charge in [-0.2, -0.15) is 5.26 Å². The van der Waals surface area contributed by atoms with Gasteiger partial charge >= 0.3 is 0 Å². The molecule has 0 amide bonds. The molecule has 0 atom stereocenters. The Bertz CT molecular complexity index is 606. The monoisotopic (exact) mass is 257 g/mol. The molecule has 0 spiro atoms. The van der Waals surface area contributed by atoms with Crippen LogP contribution in [-0.4, -0.2) is 0 Å². The molecule has 0 fully saturated rings. The number of nitrogens with zero attached hydrogens (tertiary/aromatic N) is 1. The van der Waals surface area contributed by atoms with Crippen LogP contribution in [0.1, 0.15) is 16.7 Å². The fraction of sp³-hybridized carbons (Fsp3) is 0.133. The third-order valence-electron chi connectivity index (χ3n) is 2.65. The van der Waals surface area contributed by atoms with Crippen molar-refractivity contribution in [3.8, 4) is 17.6 Å². The maximum Gasteiger partial charge on any atom is 0.145 e. The van der Waals surface area contributed by atoms with Crippen LogP contribution in [0.5, 0.6) is 11.5 Å². The first-order valence-electron chi connectivity index (χ1n) is 5.55. The fourth-order valence-electron chi connectivity index (χ4n) is 1.74. The summed E-state index contributed by atoms with van der Waals surface area (Å²) in [6.45, 7) is 3.86. The number of para-hydroxylation sites is 1. The van der Waals surface area contributed by atoms with Crippen molar-refractivity contribution in [3.05, 3.63) is 58.1 Å². The summed E-state index contributed by atoms with van der Waals surface area (Å²) >= 11 is 6.10. The van der Waals surface area contributed by atoms with E-state index in [2.05, 4.69) is 6.07 Å². The minimum absolute atomic E-state index is 0.516. The highest BCUT2D eigenvalue weighted by atomic mass is 35.5.